The third-order valence-corrected chi connectivity index (χ3v) is 1.76. The molecule has 70 valence electrons. The first-order valence-electron chi connectivity index (χ1n) is 4.76. The molecule has 1 atom stereocenters. The predicted molar refractivity (Wildman–Crippen MR) is 49.7 cm³/mol. The zero-order chi connectivity index (χ0) is 9.23. The predicted octanol–water partition coefficient (Wildman–Crippen LogP) is 2.74. The van der Waals surface area contributed by atoms with Gasteiger partial charge in [-0.2, -0.15) is 5.26 Å². The van der Waals surface area contributed by atoms with Gasteiger partial charge in [-0.3, -0.25) is 0 Å². The van der Waals surface area contributed by atoms with Crippen molar-refractivity contribution in [2.45, 2.75) is 39.5 Å². The average molecular weight is 169 g/mol. The number of nitrogens with zero attached hydrogens (tertiary/aromatic N) is 1. The molecule has 0 aliphatic rings. The van der Waals surface area contributed by atoms with Crippen LogP contribution in [0.3, 0.4) is 0 Å². The van der Waals surface area contributed by atoms with Crippen molar-refractivity contribution in [3.63, 3.8) is 0 Å². The van der Waals surface area contributed by atoms with E-state index in [2.05, 4.69) is 19.9 Å². The molecule has 0 heterocycles. The molecule has 0 aliphatic carbocycles. The second kappa shape index (κ2) is 8.55. The van der Waals surface area contributed by atoms with Crippen molar-refractivity contribution in [2.75, 3.05) is 13.2 Å². The van der Waals surface area contributed by atoms with Gasteiger partial charge in [0.2, 0.25) is 0 Å². The summed E-state index contributed by atoms with van der Waals surface area (Å²) in [5, 5.41) is 8.25. The first-order valence-corrected chi connectivity index (χ1v) is 4.76. The maximum Gasteiger partial charge on any atom is 0.0622 e. The van der Waals surface area contributed by atoms with E-state index >= 15 is 0 Å². The molecule has 0 rings (SSSR count). The van der Waals surface area contributed by atoms with E-state index in [1.165, 1.54) is 12.8 Å². The van der Waals surface area contributed by atoms with Gasteiger partial charge in [0, 0.05) is 19.6 Å². The van der Waals surface area contributed by atoms with Crippen molar-refractivity contribution in [1.29, 1.82) is 5.26 Å². The summed E-state index contributed by atoms with van der Waals surface area (Å²) < 4.78 is 5.40. The maximum atomic E-state index is 8.25. The van der Waals surface area contributed by atoms with Gasteiger partial charge >= 0.3 is 0 Å². The van der Waals surface area contributed by atoms with Gasteiger partial charge in [-0.05, 0) is 18.8 Å². The third kappa shape index (κ3) is 7.56. The molecule has 2 heteroatoms. The molecule has 1 unspecified atom stereocenters. The van der Waals surface area contributed by atoms with Crippen LogP contribution >= 0.6 is 0 Å². The molecule has 0 aliphatic heterocycles. The van der Waals surface area contributed by atoms with Crippen molar-refractivity contribution >= 4 is 0 Å². The summed E-state index contributed by atoms with van der Waals surface area (Å²) in [4.78, 5) is 0. The zero-order valence-corrected chi connectivity index (χ0v) is 8.18. The molecular weight excluding hydrogens is 150 g/mol. The largest absolute Gasteiger partial charge is 0.381 e. The fourth-order valence-electron chi connectivity index (χ4n) is 1.11. The average Bonchev–Trinajstić information content (AvgIpc) is 2.05. The number of nitriles is 1. The van der Waals surface area contributed by atoms with Crippen LogP contribution < -0.4 is 0 Å². The molecule has 0 bridgehead atoms. The Morgan fingerprint density at radius 2 is 2.25 bits per heavy atom. The van der Waals surface area contributed by atoms with Crippen LogP contribution in [0.15, 0.2) is 0 Å². The Labute approximate surface area is 75.5 Å². The Hall–Kier alpha value is -0.550. The number of hydrogen-bond acceptors (Lipinski definition) is 2. The number of rotatable bonds is 7. The lowest BCUT2D eigenvalue weighted by atomic mass is 10.1. The standard InChI is InChI=1S/C10H19NO/c1-3-6-10(2)9-12-8-5-4-7-11/h10H,3-6,8-9H2,1-2H3. The van der Waals surface area contributed by atoms with E-state index in [1.54, 1.807) is 0 Å². The highest BCUT2D eigenvalue weighted by atomic mass is 16.5. The fourth-order valence-corrected chi connectivity index (χ4v) is 1.11. The Morgan fingerprint density at radius 1 is 1.50 bits per heavy atom. The molecule has 0 N–H and O–H groups in total. The van der Waals surface area contributed by atoms with Crippen LogP contribution in [0.1, 0.15) is 39.5 Å². The van der Waals surface area contributed by atoms with Gasteiger partial charge in [-0.1, -0.05) is 20.3 Å². The van der Waals surface area contributed by atoms with Gasteiger partial charge in [0.1, 0.15) is 0 Å². The third-order valence-electron chi connectivity index (χ3n) is 1.76. The summed E-state index contributed by atoms with van der Waals surface area (Å²) in [7, 11) is 0. The van der Waals surface area contributed by atoms with Crippen molar-refractivity contribution in [3.05, 3.63) is 0 Å². The molecule has 2 nitrogen and oxygen atoms in total. The molecule has 0 saturated heterocycles. The SMILES string of the molecule is CCCC(C)COCCCC#N. The summed E-state index contributed by atoms with van der Waals surface area (Å²) in [6.45, 7) is 5.97. The van der Waals surface area contributed by atoms with E-state index in [4.69, 9.17) is 10.00 Å². The Morgan fingerprint density at radius 3 is 2.83 bits per heavy atom. The molecule has 0 aromatic rings. The Kier molecular flexibility index (Phi) is 8.15. The van der Waals surface area contributed by atoms with Crippen LogP contribution in [0.4, 0.5) is 0 Å². The van der Waals surface area contributed by atoms with Gasteiger partial charge in [0.15, 0.2) is 0 Å². The molecule has 12 heavy (non-hydrogen) atoms. The molecular formula is C10H19NO. The molecule has 0 aromatic heterocycles. The lowest BCUT2D eigenvalue weighted by Gasteiger charge is -2.09. The summed E-state index contributed by atoms with van der Waals surface area (Å²) in [6.07, 6.45) is 3.94. The van der Waals surface area contributed by atoms with Gasteiger partial charge in [0.25, 0.3) is 0 Å². The molecule has 0 spiro atoms. The van der Waals surface area contributed by atoms with Crippen molar-refractivity contribution in [3.8, 4) is 6.07 Å². The van der Waals surface area contributed by atoms with Crippen molar-refractivity contribution in [1.82, 2.24) is 0 Å². The van der Waals surface area contributed by atoms with Crippen LogP contribution in [0, 0.1) is 17.2 Å². The first-order chi connectivity index (χ1) is 5.81. The van der Waals surface area contributed by atoms with Gasteiger partial charge < -0.3 is 4.74 Å². The quantitative estimate of drug-likeness (QED) is 0.549. The van der Waals surface area contributed by atoms with Crippen LogP contribution in [0.25, 0.3) is 0 Å². The summed E-state index contributed by atoms with van der Waals surface area (Å²) in [5.74, 6) is 0.664. The first kappa shape index (κ1) is 11.4. The van der Waals surface area contributed by atoms with Gasteiger partial charge in [0.05, 0.1) is 6.07 Å². The second-order valence-electron chi connectivity index (χ2n) is 3.23. The monoisotopic (exact) mass is 169 g/mol. The smallest absolute Gasteiger partial charge is 0.0622 e. The number of ether oxygens (including phenoxy) is 1. The lowest BCUT2D eigenvalue weighted by Crippen LogP contribution is -2.06. The zero-order valence-electron chi connectivity index (χ0n) is 8.18. The van der Waals surface area contributed by atoms with E-state index in [9.17, 15) is 0 Å². The minimum atomic E-state index is 0.613. The van der Waals surface area contributed by atoms with E-state index in [-0.39, 0.29) is 0 Å². The highest BCUT2D eigenvalue weighted by Gasteiger charge is 1.99. The Balaban J connectivity index is 3.04. The van der Waals surface area contributed by atoms with Gasteiger partial charge in [-0.15, -0.1) is 0 Å². The molecule has 0 amide bonds. The molecule has 0 radical (unpaired) electrons. The highest BCUT2D eigenvalue weighted by molar-refractivity contribution is 4.67. The topological polar surface area (TPSA) is 33.0 Å². The van der Waals surface area contributed by atoms with E-state index in [0.29, 0.717) is 12.3 Å². The van der Waals surface area contributed by atoms with Crippen LogP contribution in [0.5, 0.6) is 0 Å². The summed E-state index contributed by atoms with van der Waals surface area (Å²) >= 11 is 0. The molecule has 0 fully saturated rings. The van der Waals surface area contributed by atoms with E-state index in [1.807, 2.05) is 0 Å². The Bertz CT molecular complexity index is 128. The minimum Gasteiger partial charge on any atom is -0.381 e. The summed E-state index contributed by atoms with van der Waals surface area (Å²) in [5.41, 5.74) is 0. The maximum absolute atomic E-state index is 8.25. The van der Waals surface area contributed by atoms with E-state index in [0.717, 1.165) is 19.6 Å². The van der Waals surface area contributed by atoms with Crippen LogP contribution in [0.2, 0.25) is 0 Å². The minimum absolute atomic E-state index is 0.613. The van der Waals surface area contributed by atoms with Crippen molar-refractivity contribution < 1.29 is 4.74 Å². The molecule has 0 aromatic carbocycles. The highest BCUT2D eigenvalue weighted by Crippen LogP contribution is 2.05. The lowest BCUT2D eigenvalue weighted by molar-refractivity contribution is 0.100. The number of unbranched alkanes of at least 4 members (excludes halogenated alkanes) is 1. The summed E-state index contributed by atoms with van der Waals surface area (Å²) in [6, 6.07) is 2.10. The van der Waals surface area contributed by atoms with Gasteiger partial charge in [-0.25, -0.2) is 0 Å². The van der Waals surface area contributed by atoms with E-state index < -0.39 is 0 Å². The van der Waals surface area contributed by atoms with Crippen LogP contribution in [-0.2, 0) is 4.74 Å². The second-order valence-corrected chi connectivity index (χ2v) is 3.23. The fraction of sp³-hybridized carbons (Fsp3) is 0.900. The normalized spacial score (nSPS) is 12.4. The van der Waals surface area contributed by atoms with Crippen LogP contribution in [-0.4, -0.2) is 13.2 Å². The van der Waals surface area contributed by atoms with Crippen molar-refractivity contribution in [2.24, 2.45) is 5.92 Å². The number of hydrogen-bond donors (Lipinski definition) is 0. The molecule has 0 saturated carbocycles.